The van der Waals surface area contributed by atoms with Gasteiger partial charge >= 0.3 is 0 Å². The molecule has 0 spiro atoms. The van der Waals surface area contributed by atoms with Gasteiger partial charge in [-0.1, -0.05) is 67.9 Å². The highest BCUT2D eigenvalue weighted by Gasteiger charge is 2.38. The molecule has 3 fully saturated rings. The lowest BCUT2D eigenvalue weighted by Gasteiger charge is -2.50. The number of hydrogen-bond donors (Lipinski definition) is 1. The molecule has 2 aromatic rings. The number of nitrogens with zero attached hydrogens (tertiary/aromatic N) is 1. The number of rotatable bonds is 6. The van der Waals surface area contributed by atoms with Crippen molar-refractivity contribution in [1.82, 2.24) is 10.2 Å². The van der Waals surface area contributed by atoms with Crippen LogP contribution in [0.5, 0.6) is 0 Å². The lowest BCUT2D eigenvalue weighted by atomic mass is 9.74. The average molecular weight is 335 g/mol. The molecule has 132 valence electrons. The summed E-state index contributed by atoms with van der Waals surface area (Å²) in [6.07, 6.45) is 4.18. The van der Waals surface area contributed by atoms with Crippen molar-refractivity contribution in [2.24, 2.45) is 11.8 Å². The first-order valence-electron chi connectivity index (χ1n) is 9.92. The van der Waals surface area contributed by atoms with Gasteiger partial charge in [-0.3, -0.25) is 4.90 Å². The van der Waals surface area contributed by atoms with Gasteiger partial charge in [-0.05, 0) is 47.9 Å². The van der Waals surface area contributed by atoms with Gasteiger partial charge in [0.25, 0.3) is 0 Å². The minimum absolute atomic E-state index is 0.755. The van der Waals surface area contributed by atoms with Crippen molar-refractivity contribution in [3.63, 3.8) is 0 Å². The number of hydrogen-bond acceptors (Lipinski definition) is 2. The first kappa shape index (κ1) is 16.8. The van der Waals surface area contributed by atoms with E-state index in [2.05, 4.69) is 71.7 Å². The second kappa shape index (κ2) is 7.72. The Hall–Kier alpha value is -1.64. The Morgan fingerprint density at radius 2 is 1.76 bits per heavy atom. The molecule has 1 unspecified atom stereocenters. The molecule has 4 atom stereocenters. The summed E-state index contributed by atoms with van der Waals surface area (Å²) in [4.78, 5) is 2.74. The van der Waals surface area contributed by atoms with E-state index in [4.69, 9.17) is 0 Å². The Morgan fingerprint density at radius 1 is 1.00 bits per heavy atom. The maximum atomic E-state index is 3.71. The SMILES string of the molecule is CC[C@H]1CN2CC[C@H]1C[C@@H]2CNCc1ccc(-c2ccccc2)cc1. The van der Waals surface area contributed by atoms with Gasteiger partial charge in [-0.2, -0.15) is 0 Å². The van der Waals surface area contributed by atoms with E-state index in [1.165, 1.54) is 49.0 Å². The van der Waals surface area contributed by atoms with E-state index in [9.17, 15) is 0 Å². The van der Waals surface area contributed by atoms with Gasteiger partial charge in [-0.15, -0.1) is 0 Å². The molecule has 25 heavy (non-hydrogen) atoms. The number of nitrogens with one attached hydrogen (secondary N) is 1. The van der Waals surface area contributed by atoms with E-state index in [-0.39, 0.29) is 0 Å². The Labute approximate surface area is 152 Å². The fraction of sp³-hybridized carbons (Fsp3) is 0.478. The van der Waals surface area contributed by atoms with Crippen molar-refractivity contribution in [3.05, 3.63) is 60.2 Å². The van der Waals surface area contributed by atoms with Crippen molar-refractivity contribution in [3.8, 4) is 11.1 Å². The standard InChI is InChI=1S/C23H30N2/c1-2-19-17-25-13-12-22(19)14-23(25)16-24-15-18-8-10-21(11-9-18)20-6-4-3-5-7-20/h3-11,19,22-24H,2,12-17H2,1H3/t19-,22-,23+/m0/s1. The van der Waals surface area contributed by atoms with Crippen LogP contribution in [0.1, 0.15) is 31.7 Å². The summed E-state index contributed by atoms with van der Waals surface area (Å²) in [5.41, 5.74) is 3.96. The molecule has 5 rings (SSSR count). The zero-order valence-corrected chi connectivity index (χ0v) is 15.3. The van der Waals surface area contributed by atoms with E-state index in [0.717, 1.165) is 31.0 Å². The van der Waals surface area contributed by atoms with Crippen LogP contribution in [0.4, 0.5) is 0 Å². The highest BCUT2D eigenvalue weighted by atomic mass is 15.2. The molecule has 0 aliphatic carbocycles. The maximum absolute atomic E-state index is 3.71. The van der Waals surface area contributed by atoms with Gasteiger partial charge in [0.15, 0.2) is 0 Å². The second-order valence-corrected chi connectivity index (χ2v) is 7.80. The smallest absolute Gasteiger partial charge is 0.0223 e. The highest BCUT2D eigenvalue weighted by molar-refractivity contribution is 5.63. The molecule has 0 aromatic heterocycles. The third-order valence-corrected chi connectivity index (χ3v) is 6.31. The highest BCUT2D eigenvalue weighted by Crippen LogP contribution is 2.37. The molecule has 3 aliphatic heterocycles. The molecule has 0 radical (unpaired) electrons. The zero-order valence-electron chi connectivity index (χ0n) is 15.3. The monoisotopic (exact) mass is 334 g/mol. The van der Waals surface area contributed by atoms with E-state index in [1.54, 1.807) is 0 Å². The van der Waals surface area contributed by atoms with E-state index < -0.39 is 0 Å². The quantitative estimate of drug-likeness (QED) is 0.833. The van der Waals surface area contributed by atoms with Crippen LogP contribution >= 0.6 is 0 Å². The van der Waals surface area contributed by atoms with Crippen LogP contribution in [0.3, 0.4) is 0 Å². The fourth-order valence-corrected chi connectivity index (χ4v) is 4.75. The van der Waals surface area contributed by atoms with Crippen LogP contribution < -0.4 is 5.32 Å². The molecule has 3 aliphatic rings. The van der Waals surface area contributed by atoms with Crippen molar-refractivity contribution in [2.45, 2.75) is 38.8 Å². The third kappa shape index (κ3) is 3.80. The summed E-state index contributed by atoms with van der Waals surface area (Å²) >= 11 is 0. The summed E-state index contributed by atoms with van der Waals surface area (Å²) in [6, 6.07) is 20.4. The van der Waals surface area contributed by atoms with Crippen LogP contribution in [0.15, 0.2) is 54.6 Å². The van der Waals surface area contributed by atoms with Gasteiger partial charge in [0.2, 0.25) is 0 Å². The molecule has 0 saturated carbocycles. The van der Waals surface area contributed by atoms with Gasteiger partial charge in [-0.25, -0.2) is 0 Å². The predicted octanol–water partition coefficient (Wildman–Crippen LogP) is 4.56. The summed E-state index contributed by atoms with van der Waals surface area (Å²) in [7, 11) is 0. The van der Waals surface area contributed by atoms with Gasteiger partial charge in [0.1, 0.15) is 0 Å². The third-order valence-electron chi connectivity index (χ3n) is 6.31. The summed E-state index contributed by atoms with van der Waals surface area (Å²) < 4.78 is 0. The molecular formula is C23H30N2. The van der Waals surface area contributed by atoms with Crippen molar-refractivity contribution >= 4 is 0 Å². The second-order valence-electron chi connectivity index (χ2n) is 7.80. The first-order chi connectivity index (χ1) is 12.3. The predicted molar refractivity (Wildman–Crippen MR) is 105 cm³/mol. The molecule has 2 nitrogen and oxygen atoms in total. The Balaban J connectivity index is 1.28. The molecule has 2 aromatic carbocycles. The lowest BCUT2D eigenvalue weighted by molar-refractivity contribution is 0.000333. The molecule has 1 N–H and O–H groups in total. The summed E-state index contributed by atoms with van der Waals surface area (Å²) in [5.74, 6) is 1.93. The van der Waals surface area contributed by atoms with E-state index in [0.29, 0.717) is 0 Å². The van der Waals surface area contributed by atoms with Crippen molar-refractivity contribution in [1.29, 1.82) is 0 Å². The average Bonchev–Trinajstić information content (AvgIpc) is 2.69. The molecule has 3 heterocycles. The Bertz CT molecular complexity index is 664. The summed E-state index contributed by atoms with van der Waals surface area (Å²) in [5, 5.41) is 3.71. The fourth-order valence-electron chi connectivity index (χ4n) is 4.75. The van der Waals surface area contributed by atoms with Gasteiger partial charge < -0.3 is 5.32 Å². The van der Waals surface area contributed by atoms with Gasteiger partial charge in [0.05, 0.1) is 0 Å². The van der Waals surface area contributed by atoms with Crippen LogP contribution in [-0.4, -0.2) is 30.6 Å². The maximum Gasteiger partial charge on any atom is 0.0223 e. The molecule has 2 bridgehead atoms. The minimum Gasteiger partial charge on any atom is -0.311 e. The topological polar surface area (TPSA) is 15.3 Å². The van der Waals surface area contributed by atoms with Crippen LogP contribution in [0.25, 0.3) is 11.1 Å². The molecule has 3 saturated heterocycles. The van der Waals surface area contributed by atoms with Crippen molar-refractivity contribution in [2.75, 3.05) is 19.6 Å². The van der Waals surface area contributed by atoms with Crippen LogP contribution in [0, 0.1) is 11.8 Å². The molecule has 2 heteroatoms. The van der Waals surface area contributed by atoms with Crippen LogP contribution in [-0.2, 0) is 6.54 Å². The zero-order chi connectivity index (χ0) is 17.1. The number of fused-ring (bicyclic) bond motifs is 3. The molecule has 0 amide bonds. The number of piperidine rings is 3. The largest absolute Gasteiger partial charge is 0.311 e. The molecular weight excluding hydrogens is 304 g/mol. The minimum atomic E-state index is 0.755. The number of benzene rings is 2. The van der Waals surface area contributed by atoms with Gasteiger partial charge in [0, 0.05) is 25.7 Å². The van der Waals surface area contributed by atoms with Crippen molar-refractivity contribution < 1.29 is 0 Å². The Morgan fingerprint density at radius 3 is 2.44 bits per heavy atom. The van der Waals surface area contributed by atoms with E-state index >= 15 is 0 Å². The summed E-state index contributed by atoms with van der Waals surface area (Å²) in [6.45, 7) is 7.12. The normalized spacial score (nSPS) is 28.2. The first-order valence-corrected chi connectivity index (χ1v) is 9.92. The van der Waals surface area contributed by atoms with E-state index in [1.807, 2.05) is 0 Å². The lowest BCUT2D eigenvalue weighted by Crippen LogP contribution is -2.56. The Kier molecular flexibility index (Phi) is 5.19. The van der Waals surface area contributed by atoms with Crippen LogP contribution in [0.2, 0.25) is 0 Å².